The van der Waals surface area contributed by atoms with Crippen molar-refractivity contribution in [1.29, 1.82) is 0 Å². The first-order valence-corrected chi connectivity index (χ1v) is 16.8. The number of fused-ring (bicyclic) bond motifs is 2. The maximum Gasteiger partial charge on any atom is 0.346 e. The second-order valence-electron chi connectivity index (χ2n) is 10.3. The van der Waals surface area contributed by atoms with E-state index in [0.717, 1.165) is 17.7 Å². The fourth-order valence-electron chi connectivity index (χ4n) is 5.65. The van der Waals surface area contributed by atoms with E-state index in [0.29, 0.717) is 10.6 Å². The zero-order valence-corrected chi connectivity index (χ0v) is 24.7. The van der Waals surface area contributed by atoms with Gasteiger partial charge in [0.1, 0.15) is 29.2 Å². The van der Waals surface area contributed by atoms with Crippen molar-refractivity contribution < 1.29 is 26.8 Å². The highest BCUT2D eigenvalue weighted by molar-refractivity contribution is 7.98. The van der Waals surface area contributed by atoms with Gasteiger partial charge in [-0.05, 0) is 67.7 Å². The molecule has 9 nitrogen and oxygen atoms in total. The molecule has 1 saturated heterocycles. The summed E-state index contributed by atoms with van der Waals surface area (Å²) < 4.78 is 36.1. The fourth-order valence-corrected chi connectivity index (χ4v) is 9.81. The number of benzene rings is 3. The Bertz CT molecular complexity index is 1500. The van der Waals surface area contributed by atoms with Crippen LogP contribution in [0.4, 0.5) is 4.79 Å². The molecule has 2 fully saturated rings. The van der Waals surface area contributed by atoms with Crippen LogP contribution in [0.15, 0.2) is 115 Å². The second kappa shape index (κ2) is 12.2. The van der Waals surface area contributed by atoms with Crippen molar-refractivity contribution in [2.75, 3.05) is 6.54 Å². The second-order valence-corrected chi connectivity index (χ2v) is 14.5. The number of nitrogens with zero attached hydrogens (tertiary/aromatic N) is 2. The van der Waals surface area contributed by atoms with Crippen LogP contribution in [0.5, 0.6) is 0 Å². The third-order valence-corrected chi connectivity index (χ3v) is 11.9. The molecule has 3 amide bonds. The van der Waals surface area contributed by atoms with Crippen LogP contribution in [0.2, 0.25) is 0 Å². The monoisotopic (exact) mass is 605 g/mol. The van der Waals surface area contributed by atoms with Crippen LogP contribution >= 0.6 is 7.26 Å². The molecular formula is C31H32N3O6PS. The lowest BCUT2D eigenvalue weighted by Gasteiger charge is -2.29. The van der Waals surface area contributed by atoms with Gasteiger partial charge in [0, 0.05) is 0 Å². The third kappa shape index (κ3) is 6.03. The lowest BCUT2D eigenvalue weighted by molar-refractivity contribution is -0.121. The predicted octanol–water partition coefficient (Wildman–Crippen LogP) is 3.20. The van der Waals surface area contributed by atoms with Crippen molar-refractivity contribution in [3.8, 4) is 0 Å². The summed E-state index contributed by atoms with van der Waals surface area (Å²) in [5.41, 5.74) is 6.03. The molecule has 6 rings (SSSR count). The lowest BCUT2D eigenvalue weighted by atomic mass is 9.95. The Morgan fingerprint density at radius 1 is 0.929 bits per heavy atom. The highest BCUT2D eigenvalue weighted by Crippen LogP contribution is 2.56. The topological polar surface area (TPSA) is 133 Å². The average Bonchev–Trinajstić information content (AvgIpc) is 3.82. The van der Waals surface area contributed by atoms with Crippen molar-refractivity contribution in [1.82, 2.24) is 9.96 Å². The van der Waals surface area contributed by atoms with Crippen LogP contribution < -0.4 is 21.6 Å². The van der Waals surface area contributed by atoms with Gasteiger partial charge in [0.05, 0.1) is 18.4 Å². The average molecular weight is 606 g/mol. The molecule has 2 bridgehead atoms. The van der Waals surface area contributed by atoms with Crippen LogP contribution in [0.3, 0.4) is 0 Å². The smallest absolute Gasteiger partial charge is 0.346 e. The van der Waals surface area contributed by atoms with Crippen LogP contribution in [-0.4, -0.2) is 53.5 Å². The van der Waals surface area contributed by atoms with E-state index in [1.165, 1.54) is 15.9 Å². The van der Waals surface area contributed by atoms with Gasteiger partial charge in [-0.2, -0.15) is 9.35 Å². The van der Waals surface area contributed by atoms with Crippen molar-refractivity contribution in [2.45, 2.75) is 31.8 Å². The molecule has 2 heterocycles. The van der Waals surface area contributed by atoms with E-state index >= 15 is 0 Å². The molecule has 3 aliphatic rings. The quantitative estimate of drug-likeness (QED) is 0.182. The normalized spacial score (nSPS) is 20.2. The molecule has 2 aliphatic heterocycles. The predicted molar refractivity (Wildman–Crippen MR) is 162 cm³/mol. The molecule has 42 heavy (non-hydrogen) atoms. The minimum absolute atomic E-state index is 0.0676. The zero-order valence-electron chi connectivity index (χ0n) is 23.0. The highest BCUT2D eigenvalue weighted by atomic mass is 32.3. The van der Waals surface area contributed by atoms with Gasteiger partial charge in [-0.1, -0.05) is 66.7 Å². The van der Waals surface area contributed by atoms with E-state index in [2.05, 4.69) is 114 Å². The summed E-state index contributed by atoms with van der Waals surface area (Å²) in [7, 11) is -6.79. The molecule has 1 aliphatic carbocycles. The number of urea groups is 1. The third-order valence-electron chi connectivity index (χ3n) is 7.48. The Hall–Kier alpha value is -3.82. The van der Waals surface area contributed by atoms with Crippen molar-refractivity contribution in [3.63, 3.8) is 0 Å². The Morgan fingerprint density at radius 3 is 1.79 bits per heavy atom. The van der Waals surface area contributed by atoms with Crippen molar-refractivity contribution in [3.05, 3.63) is 115 Å². The van der Waals surface area contributed by atoms with Gasteiger partial charge in [-0.15, -0.1) is 0 Å². The summed E-state index contributed by atoms with van der Waals surface area (Å²) in [4.78, 5) is 24.8. The summed E-state index contributed by atoms with van der Waals surface area (Å²) in [6.07, 6.45) is 5.59. The fraction of sp³-hybridized carbons (Fsp3) is 0.226. The SMILES string of the molecule is C/C=C/[P+](c1ccccc1)(c1ccccc1)c1ccccc1.NC(=O)[C@@H]1C(C2CC2)=C[C@@H]2CN1C(=O)N2OS(=O)(=O)[O-]. The number of hydrogen-bond acceptors (Lipinski definition) is 6. The first-order chi connectivity index (χ1) is 20.2. The molecule has 1 saturated carbocycles. The standard InChI is InChI=1S/C21H20P.C10H13N3O6S/c1-2-18-22(19-12-6-3-7-13-19,20-14-8-4-9-15-20)21-16-10-5-11-17-21;11-9(14)8-7(5-1-2-5)3-6-4-12(8)10(15)13(6)19-20(16,17)18/h2-18H,1H3;3,5-6,8H,1-2,4H2,(H2,11,14)(H,16,17,18)/q+1;/p-1/b18-2+;/t;6-,8+/m.1/s1. The summed E-state index contributed by atoms with van der Waals surface area (Å²) in [5, 5.41) is 4.68. The van der Waals surface area contributed by atoms with Crippen LogP contribution in [0.1, 0.15) is 19.8 Å². The number of rotatable bonds is 8. The molecule has 0 unspecified atom stereocenters. The molecule has 2 N–H and O–H groups in total. The number of primary amides is 1. The number of nitrogens with two attached hydrogens (primary N) is 1. The maximum absolute atomic E-state index is 12.1. The Morgan fingerprint density at radius 2 is 1.40 bits per heavy atom. The van der Waals surface area contributed by atoms with Gasteiger partial charge in [-0.3, -0.25) is 4.79 Å². The van der Waals surface area contributed by atoms with Gasteiger partial charge in [0.2, 0.25) is 16.3 Å². The largest absolute Gasteiger partial charge is 0.724 e. The summed E-state index contributed by atoms with van der Waals surface area (Å²) in [6, 6.07) is 30.2. The minimum Gasteiger partial charge on any atom is -0.724 e. The molecule has 2 atom stereocenters. The van der Waals surface area contributed by atoms with Crippen LogP contribution in [0.25, 0.3) is 0 Å². The summed E-state index contributed by atoms with van der Waals surface area (Å²) in [6.45, 7) is 2.18. The number of hydrogen-bond donors (Lipinski definition) is 1. The van der Waals surface area contributed by atoms with Gasteiger partial charge >= 0.3 is 6.03 Å². The highest BCUT2D eigenvalue weighted by Gasteiger charge is 2.51. The molecule has 3 aromatic rings. The van der Waals surface area contributed by atoms with Gasteiger partial charge in [-0.25, -0.2) is 13.2 Å². The molecule has 3 aromatic carbocycles. The lowest BCUT2D eigenvalue weighted by Crippen LogP contribution is -2.49. The van der Waals surface area contributed by atoms with Crippen LogP contribution in [0, 0.1) is 5.92 Å². The zero-order chi connectivity index (χ0) is 29.9. The van der Waals surface area contributed by atoms with E-state index in [-0.39, 0.29) is 12.5 Å². The van der Waals surface area contributed by atoms with E-state index in [9.17, 15) is 22.6 Å². The summed E-state index contributed by atoms with van der Waals surface area (Å²) >= 11 is 0. The van der Waals surface area contributed by atoms with Gasteiger partial charge in [0.15, 0.2) is 0 Å². The Balaban J connectivity index is 0.000000169. The number of carbonyl (C=O) groups is 2. The number of hydroxylamine groups is 2. The van der Waals surface area contributed by atoms with Crippen LogP contribution in [-0.2, 0) is 19.5 Å². The van der Waals surface area contributed by atoms with E-state index < -0.39 is 41.7 Å². The number of carbonyl (C=O) groups excluding carboxylic acids is 2. The first-order valence-electron chi connectivity index (χ1n) is 13.6. The minimum atomic E-state index is -5.06. The van der Waals surface area contributed by atoms with E-state index in [1.807, 2.05) is 0 Å². The Labute approximate surface area is 246 Å². The molecule has 0 spiro atoms. The van der Waals surface area contributed by atoms with E-state index in [1.54, 1.807) is 6.08 Å². The molecule has 11 heteroatoms. The molecule has 218 valence electrons. The van der Waals surface area contributed by atoms with Gasteiger partial charge in [0.25, 0.3) is 0 Å². The molecule has 0 aromatic heterocycles. The number of allylic oxidation sites excluding steroid dienone is 1. The molecular weight excluding hydrogens is 573 g/mol. The number of amides is 3. The van der Waals surface area contributed by atoms with E-state index in [4.69, 9.17) is 5.73 Å². The Kier molecular flexibility index (Phi) is 8.61. The maximum atomic E-state index is 12.1. The molecule has 0 radical (unpaired) electrons. The first kappa shape index (κ1) is 29.7. The van der Waals surface area contributed by atoms with Crippen molar-refractivity contribution >= 4 is 45.5 Å². The van der Waals surface area contributed by atoms with Crippen molar-refractivity contribution in [2.24, 2.45) is 11.7 Å². The summed E-state index contributed by atoms with van der Waals surface area (Å²) in [5.74, 6) is 1.91. The van der Waals surface area contributed by atoms with Gasteiger partial charge < -0.3 is 15.2 Å².